The minimum atomic E-state index is -0.319. The first-order chi connectivity index (χ1) is 10.1. The number of primary amides is 1. The van der Waals surface area contributed by atoms with Crippen molar-refractivity contribution in [3.8, 4) is 0 Å². The smallest absolute Gasteiger partial charge is 0.228 e. The molecule has 2 bridgehead atoms. The fourth-order valence-corrected chi connectivity index (χ4v) is 4.39. The van der Waals surface area contributed by atoms with E-state index in [0.29, 0.717) is 11.8 Å². The zero-order chi connectivity index (χ0) is 15.0. The molecule has 5 heteroatoms. The maximum absolute atomic E-state index is 12.5. The summed E-state index contributed by atoms with van der Waals surface area (Å²) in [6, 6.07) is 7.76. The van der Waals surface area contributed by atoms with Crippen molar-refractivity contribution in [2.45, 2.75) is 24.2 Å². The van der Waals surface area contributed by atoms with Crippen molar-refractivity contribution in [2.75, 3.05) is 11.6 Å². The summed E-state index contributed by atoms with van der Waals surface area (Å²) in [6.45, 7) is 0. The monoisotopic (exact) mass is 304 g/mol. The van der Waals surface area contributed by atoms with Gasteiger partial charge in [-0.2, -0.15) is 0 Å². The second kappa shape index (κ2) is 5.72. The van der Waals surface area contributed by atoms with Gasteiger partial charge in [-0.25, -0.2) is 0 Å². The van der Waals surface area contributed by atoms with E-state index in [4.69, 9.17) is 5.73 Å². The fraction of sp³-hybridized carbons (Fsp3) is 0.500. The van der Waals surface area contributed by atoms with Crippen LogP contribution in [0.15, 0.2) is 29.2 Å². The summed E-state index contributed by atoms with van der Waals surface area (Å²) < 4.78 is 0. The Hall–Kier alpha value is -1.49. The van der Waals surface area contributed by atoms with Gasteiger partial charge in [0, 0.05) is 10.6 Å². The van der Waals surface area contributed by atoms with Crippen LogP contribution in [-0.2, 0) is 9.59 Å². The van der Waals surface area contributed by atoms with Crippen LogP contribution < -0.4 is 11.1 Å². The Balaban J connectivity index is 1.73. The number of amides is 2. The lowest BCUT2D eigenvalue weighted by Crippen LogP contribution is -2.40. The predicted octanol–water partition coefficient (Wildman–Crippen LogP) is 2.49. The molecule has 112 valence electrons. The van der Waals surface area contributed by atoms with Crippen LogP contribution in [0.5, 0.6) is 0 Å². The van der Waals surface area contributed by atoms with Gasteiger partial charge in [-0.1, -0.05) is 0 Å². The molecule has 4 atom stereocenters. The Morgan fingerprint density at radius 3 is 2.33 bits per heavy atom. The highest BCUT2D eigenvalue weighted by Crippen LogP contribution is 2.52. The number of anilines is 1. The summed E-state index contributed by atoms with van der Waals surface area (Å²) in [5.41, 5.74) is 6.30. The van der Waals surface area contributed by atoms with E-state index in [1.807, 2.05) is 30.5 Å². The summed E-state index contributed by atoms with van der Waals surface area (Å²) in [4.78, 5) is 25.4. The predicted molar refractivity (Wildman–Crippen MR) is 83.9 cm³/mol. The third kappa shape index (κ3) is 2.67. The lowest BCUT2D eigenvalue weighted by Gasteiger charge is -2.27. The van der Waals surface area contributed by atoms with E-state index < -0.39 is 0 Å². The van der Waals surface area contributed by atoms with E-state index >= 15 is 0 Å². The van der Waals surface area contributed by atoms with Crippen molar-refractivity contribution in [1.82, 2.24) is 0 Å². The lowest BCUT2D eigenvalue weighted by atomic mass is 9.78. The van der Waals surface area contributed by atoms with Gasteiger partial charge in [0.15, 0.2) is 0 Å². The average Bonchev–Trinajstić information content (AvgIpc) is 3.08. The van der Waals surface area contributed by atoms with E-state index in [1.165, 1.54) is 0 Å². The van der Waals surface area contributed by atoms with Gasteiger partial charge in [-0.3, -0.25) is 9.59 Å². The Labute approximate surface area is 128 Å². The summed E-state index contributed by atoms with van der Waals surface area (Å²) in [7, 11) is 0. The van der Waals surface area contributed by atoms with Gasteiger partial charge < -0.3 is 11.1 Å². The number of nitrogens with two attached hydrogens (primary N) is 1. The zero-order valence-corrected chi connectivity index (χ0v) is 12.9. The molecular weight excluding hydrogens is 284 g/mol. The van der Waals surface area contributed by atoms with Crippen LogP contribution in [0.25, 0.3) is 0 Å². The first-order valence-corrected chi connectivity index (χ1v) is 8.57. The largest absolute Gasteiger partial charge is 0.369 e. The van der Waals surface area contributed by atoms with Crippen molar-refractivity contribution in [3.63, 3.8) is 0 Å². The Morgan fingerprint density at radius 1 is 1.14 bits per heavy atom. The molecule has 0 heterocycles. The molecule has 2 aliphatic rings. The number of benzene rings is 1. The highest BCUT2D eigenvalue weighted by Gasteiger charge is 2.53. The van der Waals surface area contributed by atoms with E-state index in [-0.39, 0.29) is 23.7 Å². The summed E-state index contributed by atoms with van der Waals surface area (Å²) in [5, 5.41) is 2.95. The van der Waals surface area contributed by atoms with Crippen molar-refractivity contribution in [1.29, 1.82) is 0 Å². The molecule has 0 spiro atoms. The molecule has 2 saturated carbocycles. The van der Waals surface area contributed by atoms with E-state index in [1.54, 1.807) is 11.8 Å². The molecule has 1 aromatic carbocycles. The minimum Gasteiger partial charge on any atom is -0.369 e. The first kappa shape index (κ1) is 14.4. The molecule has 0 aliphatic heterocycles. The molecule has 0 radical (unpaired) electrons. The second-order valence-corrected chi connectivity index (χ2v) is 6.88. The number of hydrogen-bond donors (Lipinski definition) is 2. The maximum Gasteiger partial charge on any atom is 0.228 e. The Bertz CT molecular complexity index is 558. The molecule has 0 aromatic heterocycles. The normalized spacial score (nSPS) is 30.3. The van der Waals surface area contributed by atoms with Crippen LogP contribution in [0.3, 0.4) is 0 Å². The Morgan fingerprint density at radius 2 is 1.76 bits per heavy atom. The van der Waals surface area contributed by atoms with Crippen LogP contribution in [0, 0.1) is 23.7 Å². The average molecular weight is 304 g/mol. The van der Waals surface area contributed by atoms with Crippen molar-refractivity contribution in [2.24, 2.45) is 29.4 Å². The number of carbonyl (C=O) groups excluding carboxylic acids is 2. The number of carbonyl (C=O) groups is 2. The quantitative estimate of drug-likeness (QED) is 0.839. The number of thioether (sulfide) groups is 1. The summed E-state index contributed by atoms with van der Waals surface area (Å²) in [6.07, 6.45) is 5.06. The molecule has 3 rings (SSSR count). The van der Waals surface area contributed by atoms with E-state index in [2.05, 4.69) is 5.32 Å². The van der Waals surface area contributed by atoms with Crippen LogP contribution in [0.1, 0.15) is 19.3 Å². The summed E-state index contributed by atoms with van der Waals surface area (Å²) >= 11 is 1.66. The number of fused-ring (bicyclic) bond motifs is 2. The lowest BCUT2D eigenvalue weighted by molar-refractivity contribution is -0.132. The van der Waals surface area contributed by atoms with E-state index in [0.717, 1.165) is 29.8 Å². The molecule has 2 fully saturated rings. The highest BCUT2D eigenvalue weighted by molar-refractivity contribution is 7.98. The molecule has 3 N–H and O–H groups in total. The van der Waals surface area contributed by atoms with Crippen LogP contribution in [0.2, 0.25) is 0 Å². The molecule has 2 aliphatic carbocycles. The van der Waals surface area contributed by atoms with Gasteiger partial charge in [0.05, 0.1) is 11.8 Å². The van der Waals surface area contributed by atoms with Gasteiger partial charge >= 0.3 is 0 Å². The molecular formula is C16H20N2O2S. The topological polar surface area (TPSA) is 72.2 Å². The van der Waals surface area contributed by atoms with Crippen LogP contribution in [0.4, 0.5) is 5.69 Å². The van der Waals surface area contributed by atoms with Gasteiger partial charge in [0.1, 0.15) is 0 Å². The zero-order valence-electron chi connectivity index (χ0n) is 12.0. The van der Waals surface area contributed by atoms with Crippen LogP contribution in [-0.4, -0.2) is 18.1 Å². The molecule has 21 heavy (non-hydrogen) atoms. The first-order valence-electron chi connectivity index (χ1n) is 7.34. The van der Waals surface area contributed by atoms with Gasteiger partial charge in [0.25, 0.3) is 0 Å². The molecule has 2 amide bonds. The van der Waals surface area contributed by atoms with E-state index in [9.17, 15) is 9.59 Å². The van der Waals surface area contributed by atoms with Gasteiger partial charge in [-0.05, 0) is 61.6 Å². The Kier molecular flexibility index (Phi) is 3.93. The molecule has 1 aromatic rings. The third-order valence-corrected chi connectivity index (χ3v) is 5.65. The number of hydrogen-bond acceptors (Lipinski definition) is 3. The molecule has 4 unspecified atom stereocenters. The van der Waals surface area contributed by atoms with Crippen molar-refractivity contribution >= 4 is 29.3 Å². The summed E-state index contributed by atoms with van der Waals surface area (Å²) in [5.74, 6) is -0.279. The SMILES string of the molecule is CSc1ccc(NC(=O)C2C3CCC(C3)C2C(N)=O)cc1. The molecule has 0 saturated heterocycles. The second-order valence-electron chi connectivity index (χ2n) is 6.00. The minimum absolute atomic E-state index is 0.0529. The van der Waals surface area contributed by atoms with Gasteiger partial charge in [0.2, 0.25) is 11.8 Å². The number of rotatable bonds is 4. The van der Waals surface area contributed by atoms with Crippen molar-refractivity contribution in [3.05, 3.63) is 24.3 Å². The van der Waals surface area contributed by atoms with Gasteiger partial charge in [-0.15, -0.1) is 11.8 Å². The fourth-order valence-electron chi connectivity index (χ4n) is 3.98. The molecule has 4 nitrogen and oxygen atoms in total. The van der Waals surface area contributed by atoms with Crippen LogP contribution >= 0.6 is 11.8 Å². The third-order valence-electron chi connectivity index (χ3n) is 4.91. The highest BCUT2D eigenvalue weighted by atomic mass is 32.2. The van der Waals surface area contributed by atoms with Crippen molar-refractivity contribution < 1.29 is 9.59 Å². The standard InChI is InChI=1S/C16H20N2O2S/c1-21-12-6-4-11(5-7-12)18-16(20)14-10-3-2-9(8-10)13(14)15(17)19/h4-7,9-10,13-14H,2-3,8H2,1H3,(H2,17,19)(H,18,20). The number of nitrogens with one attached hydrogen (secondary N) is 1. The maximum atomic E-state index is 12.5.